The number of nitrogens with zero attached hydrogens (tertiary/aromatic N) is 1. The number of hydrogen-bond donors (Lipinski definition) is 0. The first-order valence-electron chi connectivity index (χ1n) is 6.28. The van der Waals surface area contributed by atoms with Crippen molar-refractivity contribution in [2.45, 2.75) is 13.8 Å². The molecule has 20 heavy (non-hydrogen) atoms. The zero-order valence-corrected chi connectivity index (χ0v) is 12.0. The zero-order chi connectivity index (χ0) is 14.1. The molecule has 0 unspecified atom stereocenters. The van der Waals surface area contributed by atoms with Crippen LogP contribution in [0.1, 0.15) is 12.5 Å². The van der Waals surface area contributed by atoms with Crippen molar-refractivity contribution in [1.29, 1.82) is 0 Å². The van der Waals surface area contributed by atoms with Crippen LogP contribution in [0.4, 0.5) is 0 Å². The first-order chi connectivity index (χ1) is 9.61. The molecule has 0 spiro atoms. The fourth-order valence-corrected chi connectivity index (χ4v) is 3.06. The number of fused-ring (bicyclic) bond motifs is 1. The van der Waals surface area contributed by atoms with E-state index in [1.165, 1.54) is 17.2 Å². The number of rotatable bonds is 2. The molecule has 0 saturated heterocycles. The molecule has 3 rings (SSSR count). The van der Waals surface area contributed by atoms with E-state index in [0.717, 1.165) is 16.1 Å². The number of ether oxygens (including phenoxy) is 1. The van der Waals surface area contributed by atoms with Crippen LogP contribution in [-0.2, 0) is 4.79 Å². The Hall–Kier alpha value is -2.20. The van der Waals surface area contributed by atoms with Crippen LogP contribution in [0.3, 0.4) is 0 Å². The smallest absolute Gasteiger partial charge is 0.308 e. The molecule has 0 N–H and O–H groups in total. The third kappa shape index (κ3) is 2.56. The molecular weight excluding hydrogens is 270 g/mol. The molecule has 2 aromatic carbocycles. The Kier molecular flexibility index (Phi) is 3.24. The highest BCUT2D eigenvalue weighted by Crippen LogP contribution is 2.31. The second-order valence-electron chi connectivity index (χ2n) is 4.61. The molecular formula is C16H13NO2S. The molecule has 3 nitrogen and oxygen atoms in total. The van der Waals surface area contributed by atoms with Gasteiger partial charge in [0.25, 0.3) is 0 Å². The SMILES string of the molecule is CC(=O)Oc1ccc(-c2nc3ccc(C)cc3s2)cc1. The summed E-state index contributed by atoms with van der Waals surface area (Å²) in [5.74, 6) is 0.242. The lowest BCUT2D eigenvalue weighted by atomic mass is 10.2. The summed E-state index contributed by atoms with van der Waals surface area (Å²) in [6, 6.07) is 13.7. The van der Waals surface area contributed by atoms with Crippen molar-refractivity contribution in [2.24, 2.45) is 0 Å². The Morgan fingerprint density at radius 3 is 2.60 bits per heavy atom. The molecule has 0 fully saturated rings. The summed E-state index contributed by atoms with van der Waals surface area (Å²) in [6.07, 6.45) is 0. The van der Waals surface area contributed by atoms with Crippen LogP contribution >= 0.6 is 11.3 Å². The maximum Gasteiger partial charge on any atom is 0.308 e. The molecule has 1 heterocycles. The van der Waals surface area contributed by atoms with Crippen molar-refractivity contribution in [3.05, 3.63) is 48.0 Å². The van der Waals surface area contributed by atoms with Crippen LogP contribution < -0.4 is 4.74 Å². The quantitative estimate of drug-likeness (QED) is 0.522. The van der Waals surface area contributed by atoms with E-state index in [9.17, 15) is 4.79 Å². The summed E-state index contributed by atoms with van der Waals surface area (Å²) in [4.78, 5) is 15.5. The van der Waals surface area contributed by atoms with Crippen molar-refractivity contribution in [1.82, 2.24) is 4.98 Å². The molecule has 0 aliphatic heterocycles. The summed E-state index contributed by atoms with van der Waals surface area (Å²) < 4.78 is 6.21. The van der Waals surface area contributed by atoms with Crippen molar-refractivity contribution in [3.63, 3.8) is 0 Å². The Bertz CT molecular complexity index is 775. The number of thiazole rings is 1. The predicted octanol–water partition coefficient (Wildman–Crippen LogP) is 4.20. The molecule has 4 heteroatoms. The fraction of sp³-hybridized carbons (Fsp3) is 0.125. The van der Waals surface area contributed by atoms with E-state index < -0.39 is 0 Å². The number of esters is 1. The Morgan fingerprint density at radius 2 is 1.90 bits per heavy atom. The average Bonchev–Trinajstić information content (AvgIpc) is 2.81. The van der Waals surface area contributed by atoms with E-state index in [2.05, 4.69) is 24.0 Å². The molecule has 0 saturated carbocycles. The molecule has 0 radical (unpaired) electrons. The van der Waals surface area contributed by atoms with Crippen LogP contribution in [0.5, 0.6) is 5.75 Å². The van der Waals surface area contributed by atoms with Gasteiger partial charge in [0.15, 0.2) is 0 Å². The summed E-state index contributed by atoms with van der Waals surface area (Å²) >= 11 is 1.67. The van der Waals surface area contributed by atoms with Crippen LogP contribution in [-0.4, -0.2) is 11.0 Å². The van der Waals surface area contributed by atoms with E-state index in [0.29, 0.717) is 5.75 Å². The molecule has 100 valence electrons. The monoisotopic (exact) mass is 283 g/mol. The largest absolute Gasteiger partial charge is 0.427 e. The third-order valence-corrected chi connectivity index (χ3v) is 3.97. The van der Waals surface area contributed by atoms with E-state index in [1.807, 2.05) is 18.2 Å². The predicted molar refractivity (Wildman–Crippen MR) is 81.1 cm³/mol. The second-order valence-corrected chi connectivity index (χ2v) is 5.64. The van der Waals surface area contributed by atoms with E-state index in [4.69, 9.17) is 4.74 Å². The first kappa shape index (κ1) is 12.8. The van der Waals surface area contributed by atoms with Crippen molar-refractivity contribution in [3.8, 4) is 16.3 Å². The van der Waals surface area contributed by atoms with Gasteiger partial charge in [0.05, 0.1) is 10.2 Å². The zero-order valence-electron chi connectivity index (χ0n) is 11.2. The minimum atomic E-state index is -0.312. The summed E-state index contributed by atoms with van der Waals surface area (Å²) in [5, 5.41) is 0.972. The molecule has 0 aliphatic rings. The van der Waals surface area contributed by atoms with Gasteiger partial charge in [-0.2, -0.15) is 0 Å². The van der Waals surface area contributed by atoms with Gasteiger partial charge in [0, 0.05) is 12.5 Å². The molecule has 0 bridgehead atoms. The number of carbonyl (C=O) groups is 1. The van der Waals surface area contributed by atoms with Crippen molar-refractivity contribution in [2.75, 3.05) is 0 Å². The van der Waals surface area contributed by atoms with Gasteiger partial charge in [0.2, 0.25) is 0 Å². The number of hydrogen-bond acceptors (Lipinski definition) is 4. The summed E-state index contributed by atoms with van der Waals surface area (Å²) in [5.41, 5.74) is 3.28. The lowest BCUT2D eigenvalue weighted by Gasteiger charge is -2.01. The highest BCUT2D eigenvalue weighted by atomic mass is 32.1. The number of benzene rings is 2. The van der Waals surface area contributed by atoms with E-state index in [1.54, 1.807) is 23.5 Å². The highest BCUT2D eigenvalue weighted by molar-refractivity contribution is 7.21. The first-order valence-corrected chi connectivity index (χ1v) is 7.09. The lowest BCUT2D eigenvalue weighted by Crippen LogP contribution is -2.00. The van der Waals surface area contributed by atoms with Crippen LogP contribution in [0, 0.1) is 6.92 Å². The molecule has 0 aliphatic carbocycles. The minimum absolute atomic E-state index is 0.312. The van der Waals surface area contributed by atoms with Gasteiger partial charge in [-0.05, 0) is 48.9 Å². The highest BCUT2D eigenvalue weighted by Gasteiger charge is 2.07. The normalized spacial score (nSPS) is 10.7. The summed E-state index contributed by atoms with van der Waals surface area (Å²) in [7, 11) is 0. The van der Waals surface area contributed by atoms with Gasteiger partial charge in [-0.1, -0.05) is 6.07 Å². The maximum atomic E-state index is 10.9. The van der Waals surface area contributed by atoms with Gasteiger partial charge in [-0.25, -0.2) is 4.98 Å². The number of aryl methyl sites for hydroxylation is 1. The number of aromatic nitrogens is 1. The Morgan fingerprint density at radius 1 is 1.15 bits per heavy atom. The van der Waals surface area contributed by atoms with E-state index in [-0.39, 0.29) is 5.97 Å². The standard InChI is InChI=1S/C16H13NO2S/c1-10-3-8-14-15(9-10)20-16(17-14)12-4-6-13(7-5-12)19-11(2)18/h3-9H,1-2H3. The van der Waals surface area contributed by atoms with E-state index >= 15 is 0 Å². The Labute approximate surface area is 120 Å². The van der Waals surface area contributed by atoms with Gasteiger partial charge < -0.3 is 4.74 Å². The number of carbonyl (C=O) groups excluding carboxylic acids is 1. The molecule has 0 atom stereocenters. The van der Waals surface area contributed by atoms with Crippen LogP contribution in [0.15, 0.2) is 42.5 Å². The van der Waals surface area contributed by atoms with Crippen molar-refractivity contribution < 1.29 is 9.53 Å². The van der Waals surface area contributed by atoms with Gasteiger partial charge >= 0.3 is 5.97 Å². The molecule has 0 amide bonds. The topological polar surface area (TPSA) is 39.2 Å². The van der Waals surface area contributed by atoms with Crippen LogP contribution in [0.25, 0.3) is 20.8 Å². The molecule has 3 aromatic rings. The second kappa shape index (κ2) is 5.06. The van der Waals surface area contributed by atoms with Gasteiger partial charge in [-0.15, -0.1) is 11.3 Å². The Balaban J connectivity index is 1.96. The molecule has 1 aromatic heterocycles. The lowest BCUT2D eigenvalue weighted by molar-refractivity contribution is -0.131. The third-order valence-electron chi connectivity index (χ3n) is 2.91. The summed E-state index contributed by atoms with van der Waals surface area (Å²) in [6.45, 7) is 3.47. The van der Waals surface area contributed by atoms with Crippen molar-refractivity contribution >= 4 is 27.5 Å². The fourth-order valence-electron chi connectivity index (χ4n) is 1.99. The minimum Gasteiger partial charge on any atom is -0.427 e. The maximum absolute atomic E-state index is 10.9. The van der Waals surface area contributed by atoms with Gasteiger partial charge in [0.1, 0.15) is 10.8 Å². The van der Waals surface area contributed by atoms with Gasteiger partial charge in [-0.3, -0.25) is 4.79 Å². The average molecular weight is 283 g/mol. The van der Waals surface area contributed by atoms with Crippen LogP contribution in [0.2, 0.25) is 0 Å².